The standard InChI is InChI=1S/C19H16N4O2/c1-2-23-15-8-4-3-7-13(15)11-16(23)18(24)14(12-20)19(25)22-17-9-5-6-10-21-17/h3-11,14H,2H2,1H3,(H,21,22,25). The molecule has 1 atom stereocenters. The van der Waals surface area contributed by atoms with Crippen molar-refractivity contribution in [2.75, 3.05) is 5.32 Å². The number of nitrogens with zero attached hydrogens (tertiary/aromatic N) is 3. The molecule has 1 unspecified atom stereocenters. The van der Waals surface area contributed by atoms with E-state index in [-0.39, 0.29) is 0 Å². The molecule has 25 heavy (non-hydrogen) atoms. The highest BCUT2D eigenvalue weighted by molar-refractivity contribution is 6.16. The highest BCUT2D eigenvalue weighted by Gasteiger charge is 2.30. The normalized spacial score (nSPS) is 11.7. The van der Waals surface area contributed by atoms with Crippen LogP contribution in [0.4, 0.5) is 5.82 Å². The van der Waals surface area contributed by atoms with Gasteiger partial charge < -0.3 is 9.88 Å². The molecule has 1 amide bonds. The van der Waals surface area contributed by atoms with Crippen molar-refractivity contribution in [3.8, 4) is 6.07 Å². The highest BCUT2D eigenvalue weighted by atomic mass is 16.2. The van der Waals surface area contributed by atoms with E-state index < -0.39 is 17.6 Å². The van der Waals surface area contributed by atoms with Crippen molar-refractivity contribution < 1.29 is 9.59 Å². The van der Waals surface area contributed by atoms with Gasteiger partial charge in [0.05, 0.1) is 11.8 Å². The Hall–Kier alpha value is -3.46. The molecule has 1 N–H and O–H groups in total. The number of anilines is 1. The quantitative estimate of drug-likeness (QED) is 0.574. The van der Waals surface area contributed by atoms with E-state index in [9.17, 15) is 14.9 Å². The Bertz CT molecular complexity index is 970. The molecule has 124 valence electrons. The Morgan fingerprint density at radius 2 is 2.00 bits per heavy atom. The lowest BCUT2D eigenvalue weighted by Gasteiger charge is -2.11. The molecule has 0 saturated carbocycles. The second kappa shape index (κ2) is 6.97. The van der Waals surface area contributed by atoms with Crippen molar-refractivity contribution in [2.24, 2.45) is 5.92 Å². The number of rotatable bonds is 5. The van der Waals surface area contributed by atoms with Gasteiger partial charge in [0, 0.05) is 23.6 Å². The molecule has 6 nitrogen and oxygen atoms in total. The first-order valence-corrected chi connectivity index (χ1v) is 7.89. The van der Waals surface area contributed by atoms with Crippen molar-refractivity contribution in [3.63, 3.8) is 0 Å². The summed E-state index contributed by atoms with van der Waals surface area (Å²) < 4.78 is 1.82. The second-order valence-electron chi connectivity index (χ2n) is 5.46. The van der Waals surface area contributed by atoms with Crippen LogP contribution >= 0.6 is 0 Å². The molecule has 0 aliphatic carbocycles. The van der Waals surface area contributed by atoms with Gasteiger partial charge in [0.2, 0.25) is 5.78 Å². The van der Waals surface area contributed by atoms with Crippen molar-refractivity contribution >= 4 is 28.4 Å². The van der Waals surface area contributed by atoms with Crippen molar-refractivity contribution in [1.29, 1.82) is 5.26 Å². The number of pyridine rings is 1. The minimum atomic E-state index is -1.43. The summed E-state index contributed by atoms with van der Waals surface area (Å²) in [4.78, 5) is 29.2. The van der Waals surface area contributed by atoms with Crippen LogP contribution in [-0.4, -0.2) is 21.2 Å². The molecule has 1 aromatic carbocycles. The van der Waals surface area contributed by atoms with Gasteiger partial charge >= 0.3 is 0 Å². The average molecular weight is 332 g/mol. The van der Waals surface area contributed by atoms with Gasteiger partial charge in [-0.05, 0) is 31.2 Å². The molecule has 0 saturated heterocycles. The molecule has 0 radical (unpaired) electrons. The largest absolute Gasteiger partial charge is 0.338 e. The topological polar surface area (TPSA) is 87.8 Å². The first-order valence-electron chi connectivity index (χ1n) is 7.89. The Balaban J connectivity index is 1.93. The van der Waals surface area contributed by atoms with Gasteiger partial charge in [-0.25, -0.2) is 4.98 Å². The SMILES string of the molecule is CCn1c(C(=O)C(C#N)C(=O)Nc2ccccn2)cc2ccccc21. The fourth-order valence-electron chi connectivity index (χ4n) is 2.77. The molecule has 0 spiro atoms. The molecule has 3 aromatic rings. The summed E-state index contributed by atoms with van der Waals surface area (Å²) >= 11 is 0. The fraction of sp³-hybridized carbons (Fsp3) is 0.158. The Labute approximate surface area is 144 Å². The number of hydrogen-bond donors (Lipinski definition) is 1. The number of hydrogen-bond acceptors (Lipinski definition) is 4. The minimum absolute atomic E-state index is 0.302. The van der Waals surface area contributed by atoms with Crippen LogP contribution in [0.15, 0.2) is 54.7 Å². The summed E-state index contributed by atoms with van der Waals surface area (Å²) in [7, 11) is 0. The third-order valence-corrected chi connectivity index (χ3v) is 3.95. The van der Waals surface area contributed by atoms with Gasteiger partial charge in [0.25, 0.3) is 5.91 Å². The zero-order valence-corrected chi connectivity index (χ0v) is 13.6. The van der Waals surface area contributed by atoms with Gasteiger partial charge in [-0.1, -0.05) is 24.3 Å². The maximum absolute atomic E-state index is 12.8. The number of carbonyl (C=O) groups excluding carboxylic acids is 2. The number of amides is 1. The van der Waals surface area contributed by atoms with Gasteiger partial charge in [-0.2, -0.15) is 5.26 Å². The molecule has 2 aromatic heterocycles. The summed E-state index contributed by atoms with van der Waals surface area (Å²) in [6.45, 7) is 2.48. The second-order valence-corrected chi connectivity index (χ2v) is 5.46. The van der Waals surface area contributed by atoms with Gasteiger partial charge in [-0.3, -0.25) is 9.59 Å². The monoisotopic (exact) mass is 332 g/mol. The maximum atomic E-state index is 12.8. The predicted octanol–water partition coefficient (Wildman–Crippen LogP) is 3.02. The van der Waals surface area contributed by atoms with Crippen LogP contribution in [-0.2, 0) is 11.3 Å². The van der Waals surface area contributed by atoms with Crippen LogP contribution in [0.25, 0.3) is 10.9 Å². The van der Waals surface area contributed by atoms with E-state index in [2.05, 4.69) is 10.3 Å². The number of benzene rings is 1. The van der Waals surface area contributed by atoms with Crippen LogP contribution in [0.5, 0.6) is 0 Å². The first-order chi connectivity index (χ1) is 12.2. The summed E-state index contributed by atoms with van der Waals surface area (Å²) in [6, 6.07) is 16.1. The minimum Gasteiger partial charge on any atom is -0.338 e. The number of para-hydroxylation sites is 1. The highest BCUT2D eigenvalue weighted by Crippen LogP contribution is 2.22. The van der Waals surface area contributed by atoms with Crippen LogP contribution in [0.1, 0.15) is 17.4 Å². The average Bonchev–Trinajstić information content (AvgIpc) is 3.01. The summed E-state index contributed by atoms with van der Waals surface area (Å²) in [5, 5.41) is 12.8. The lowest BCUT2D eigenvalue weighted by molar-refractivity contribution is -0.117. The Morgan fingerprint density at radius 1 is 1.24 bits per heavy atom. The lowest BCUT2D eigenvalue weighted by Crippen LogP contribution is -2.30. The van der Waals surface area contributed by atoms with Gasteiger partial charge in [0.15, 0.2) is 5.92 Å². The molecule has 0 bridgehead atoms. The Kier molecular flexibility index (Phi) is 4.57. The number of ketones is 1. The number of aromatic nitrogens is 2. The van der Waals surface area contributed by atoms with Crippen molar-refractivity contribution in [3.05, 3.63) is 60.4 Å². The molecular weight excluding hydrogens is 316 g/mol. The molecule has 0 aliphatic heterocycles. The van der Waals surface area contributed by atoms with Crippen molar-refractivity contribution in [1.82, 2.24) is 9.55 Å². The molecule has 0 fully saturated rings. The van der Waals surface area contributed by atoms with Crippen LogP contribution in [0.3, 0.4) is 0 Å². The van der Waals surface area contributed by atoms with Crippen LogP contribution in [0.2, 0.25) is 0 Å². The van der Waals surface area contributed by atoms with E-state index in [4.69, 9.17) is 0 Å². The predicted molar refractivity (Wildman–Crippen MR) is 93.9 cm³/mol. The van der Waals surface area contributed by atoms with E-state index in [1.165, 1.54) is 6.20 Å². The number of fused-ring (bicyclic) bond motifs is 1. The summed E-state index contributed by atoms with van der Waals surface area (Å²) in [5.74, 6) is -2.33. The smallest absolute Gasteiger partial charge is 0.250 e. The zero-order valence-electron chi connectivity index (χ0n) is 13.6. The third kappa shape index (κ3) is 3.12. The third-order valence-electron chi connectivity index (χ3n) is 3.95. The van der Waals surface area contributed by atoms with Crippen LogP contribution in [0, 0.1) is 17.2 Å². The van der Waals surface area contributed by atoms with Gasteiger partial charge in [0.1, 0.15) is 5.82 Å². The fourth-order valence-corrected chi connectivity index (χ4v) is 2.77. The maximum Gasteiger partial charge on any atom is 0.250 e. The number of nitrogens with one attached hydrogen (secondary N) is 1. The van der Waals surface area contributed by atoms with Crippen molar-refractivity contribution in [2.45, 2.75) is 13.5 Å². The van der Waals surface area contributed by atoms with E-state index in [1.807, 2.05) is 41.8 Å². The van der Waals surface area contributed by atoms with E-state index >= 15 is 0 Å². The van der Waals surface area contributed by atoms with Crippen LogP contribution < -0.4 is 5.32 Å². The number of Topliss-reactive ketones (excluding diaryl/α,β-unsaturated/α-hetero) is 1. The molecule has 2 heterocycles. The number of aryl methyl sites for hydroxylation is 1. The Morgan fingerprint density at radius 3 is 2.68 bits per heavy atom. The van der Waals surface area contributed by atoms with E-state index in [0.717, 1.165) is 10.9 Å². The van der Waals surface area contributed by atoms with E-state index in [1.54, 1.807) is 24.3 Å². The number of carbonyl (C=O) groups is 2. The zero-order chi connectivity index (χ0) is 17.8. The van der Waals surface area contributed by atoms with E-state index in [0.29, 0.717) is 18.1 Å². The molecule has 0 aliphatic rings. The summed E-state index contributed by atoms with van der Waals surface area (Å²) in [6.07, 6.45) is 1.52. The lowest BCUT2D eigenvalue weighted by atomic mass is 10.0. The summed E-state index contributed by atoms with van der Waals surface area (Å²) in [5.41, 5.74) is 1.25. The molecule has 6 heteroatoms. The molecule has 3 rings (SSSR count). The molecular formula is C19H16N4O2. The first kappa shape index (κ1) is 16.4. The van der Waals surface area contributed by atoms with Gasteiger partial charge in [-0.15, -0.1) is 0 Å². The number of nitriles is 1.